The molecule has 0 aromatic heterocycles. The van der Waals surface area contributed by atoms with Crippen LogP contribution in [0.4, 0.5) is 0 Å². The van der Waals surface area contributed by atoms with E-state index in [9.17, 15) is 19.2 Å². The van der Waals surface area contributed by atoms with Crippen LogP contribution in [0.5, 0.6) is 0 Å². The average molecular weight is 313 g/mol. The molecule has 10 nitrogen and oxygen atoms in total. The van der Waals surface area contributed by atoms with Crippen LogP contribution in [-0.4, -0.2) is 75.8 Å². The van der Waals surface area contributed by atoms with Crippen LogP contribution in [0, 0.1) is 5.92 Å². The van der Waals surface area contributed by atoms with Gasteiger partial charge in [0.25, 0.3) is 0 Å². The molecule has 0 saturated heterocycles. The van der Waals surface area contributed by atoms with Crippen LogP contribution in [0.1, 0.15) is 12.8 Å². The molecule has 1 heterocycles. The molecule has 0 spiro atoms. The van der Waals surface area contributed by atoms with Gasteiger partial charge in [-0.3, -0.25) is 25.1 Å². The molecule has 22 heavy (non-hydrogen) atoms. The van der Waals surface area contributed by atoms with Gasteiger partial charge < -0.3 is 10.2 Å². The Morgan fingerprint density at radius 2 is 2.05 bits per heavy atom. The number of carbonyl (C=O) groups is 4. The van der Waals surface area contributed by atoms with Crippen molar-refractivity contribution < 1.29 is 34.0 Å². The van der Waals surface area contributed by atoms with Gasteiger partial charge in [0.05, 0.1) is 14.1 Å². The van der Waals surface area contributed by atoms with Crippen LogP contribution in [0.2, 0.25) is 0 Å². The first-order valence-corrected chi connectivity index (χ1v) is 6.32. The van der Waals surface area contributed by atoms with E-state index in [0.717, 1.165) is 15.7 Å². The summed E-state index contributed by atoms with van der Waals surface area (Å²) < 4.78 is 1.06. The minimum absolute atomic E-state index is 0.0414. The van der Waals surface area contributed by atoms with Crippen molar-refractivity contribution in [3.05, 3.63) is 0 Å². The number of hydrogen-bond acceptors (Lipinski definition) is 6. The summed E-state index contributed by atoms with van der Waals surface area (Å²) in [5.74, 6) is -5.08. The minimum Gasteiger partial charge on any atom is -0.481 e. The number of carbonyl (C=O) groups excluding carboxylic acids is 2. The van der Waals surface area contributed by atoms with E-state index >= 15 is 0 Å². The number of carboxylic acid groups (broad SMARTS) is 2. The highest BCUT2D eigenvalue weighted by Crippen LogP contribution is 2.10. The van der Waals surface area contributed by atoms with Crippen molar-refractivity contribution in [2.45, 2.75) is 18.9 Å². The summed E-state index contributed by atoms with van der Waals surface area (Å²) in [5.41, 5.74) is 5.57. The van der Waals surface area contributed by atoms with Crippen molar-refractivity contribution in [1.29, 1.82) is 0 Å². The Kier molecular flexibility index (Phi) is 5.33. The second-order valence-electron chi connectivity index (χ2n) is 4.71. The van der Waals surface area contributed by atoms with Crippen LogP contribution in [0.25, 0.3) is 0 Å². The molecule has 1 rings (SSSR count). The van der Waals surface area contributed by atoms with Gasteiger partial charge in [-0.05, 0) is 6.42 Å². The number of hydrogen-bond donors (Lipinski definition) is 3. The summed E-state index contributed by atoms with van der Waals surface area (Å²) in [6.07, 6.45) is 0.308. The number of amides is 2. The van der Waals surface area contributed by atoms with E-state index in [1.54, 1.807) is 0 Å². The summed E-state index contributed by atoms with van der Waals surface area (Å²) in [6.45, 7) is 0. The molecule has 0 aromatic rings. The second kappa shape index (κ2) is 6.78. The molecule has 0 fully saturated rings. The topological polar surface area (TPSA) is 153 Å². The number of rotatable bonds is 6. The van der Waals surface area contributed by atoms with E-state index in [-0.39, 0.29) is 18.8 Å². The lowest BCUT2D eigenvalue weighted by Gasteiger charge is -2.21. The number of aliphatic imine (C=N–C) groups is 1. The molecule has 0 bridgehead atoms. The van der Waals surface area contributed by atoms with Crippen LogP contribution in [0.15, 0.2) is 4.99 Å². The van der Waals surface area contributed by atoms with Crippen molar-refractivity contribution in [2.75, 3.05) is 14.1 Å². The summed E-state index contributed by atoms with van der Waals surface area (Å²) in [6, 6.07) is -1.34. The van der Waals surface area contributed by atoms with Gasteiger partial charge in [0.15, 0.2) is 5.92 Å². The number of guanidine groups is 1. The van der Waals surface area contributed by atoms with Gasteiger partial charge in [0.1, 0.15) is 6.04 Å². The molecule has 1 aliphatic rings. The first-order valence-electron chi connectivity index (χ1n) is 6.32. The third kappa shape index (κ3) is 3.65. The van der Waals surface area contributed by atoms with Gasteiger partial charge in [0, 0.05) is 12.6 Å². The SMILES string of the molecule is CN1C(=O)C(C=N[C@@H](CCC(=O)O)C(=O)O)C(=O)[N+](C)=C1N. The van der Waals surface area contributed by atoms with Crippen LogP contribution < -0.4 is 5.73 Å². The standard InChI is InChI=1S/C12H16N4O6/c1-15-9(19)6(10(20)16(2)12(15)13)5-14-7(11(21)22)3-4-8(17)18/h5-7,13H,3-4H2,1-2H3,(H2,17,18,21,22)/p+1/t7-/m0/s1. The Labute approximate surface area is 125 Å². The molecule has 2 amide bonds. The summed E-state index contributed by atoms with van der Waals surface area (Å²) in [7, 11) is 2.75. The monoisotopic (exact) mass is 313 g/mol. The summed E-state index contributed by atoms with van der Waals surface area (Å²) in [4.78, 5) is 50.2. The Balaban J connectivity index is 2.95. The number of carboxylic acids is 2. The number of nitrogens with zero attached hydrogens (tertiary/aromatic N) is 3. The predicted molar refractivity (Wildman–Crippen MR) is 73.4 cm³/mol. The van der Waals surface area contributed by atoms with Crippen LogP contribution >= 0.6 is 0 Å². The number of nitrogens with two attached hydrogens (primary N) is 1. The average Bonchev–Trinajstić information content (AvgIpc) is 2.45. The second-order valence-corrected chi connectivity index (χ2v) is 4.71. The molecule has 1 unspecified atom stereocenters. The lowest BCUT2D eigenvalue weighted by atomic mass is 10.1. The smallest absolute Gasteiger partial charge is 0.360 e. The van der Waals surface area contributed by atoms with Crippen molar-refractivity contribution in [3.8, 4) is 0 Å². The fourth-order valence-electron chi connectivity index (χ4n) is 1.81. The molecule has 10 heteroatoms. The van der Waals surface area contributed by atoms with Crippen molar-refractivity contribution in [2.24, 2.45) is 16.6 Å². The highest BCUT2D eigenvalue weighted by atomic mass is 16.4. The molecule has 0 radical (unpaired) electrons. The molecular weight excluding hydrogens is 296 g/mol. The van der Waals surface area contributed by atoms with E-state index in [1.807, 2.05) is 0 Å². The van der Waals surface area contributed by atoms with E-state index in [2.05, 4.69) is 4.99 Å². The van der Waals surface area contributed by atoms with Gasteiger partial charge in [-0.25, -0.2) is 14.3 Å². The Hall–Kier alpha value is -2.78. The lowest BCUT2D eigenvalue weighted by molar-refractivity contribution is -0.429. The van der Waals surface area contributed by atoms with E-state index in [1.165, 1.54) is 14.1 Å². The zero-order valence-corrected chi connectivity index (χ0v) is 12.1. The van der Waals surface area contributed by atoms with E-state index < -0.39 is 35.7 Å². The normalized spacial score (nSPS) is 20.6. The maximum atomic E-state index is 12.0. The fourth-order valence-corrected chi connectivity index (χ4v) is 1.81. The highest BCUT2D eigenvalue weighted by Gasteiger charge is 2.41. The molecule has 120 valence electrons. The number of aliphatic carboxylic acids is 2. The lowest BCUT2D eigenvalue weighted by Crippen LogP contribution is -2.56. The van der Waals surface area contributed by atoms with E-state index in [0.29, 0.717) is 0 Å². The zero-order chi connectivity index (χ0) is 17.0. The quantitative estimate of drug-likeness (QED) is 0.289. The highest BCUT2D eigenvalue weighted by molar-refractivity contribution is 6.17. The van der Waals surface area contributed by atoms with Crippen molar-refractivity contribution >= 4 is 35.9 Å². The Bertz CT molecular complexity index is 582. The van der Waals surface area contributed by atoms with Gasteiger partial charge >= 0.3 is 29.7 Å². The molecule has 4 N–H and O–H groups in total. The summed E-state index contributed by atoms with van der Waals surface area (Å²) >= 11 is 0. The molecule has 0 aromatic carbocycles. The first kappa shape index (κ1) is 17.3. The van der Waals surface area contributed by atoms with E-state index in [4.69, 9.17) is 15.9 Å². The van der Waals surface area contributed by atoms with Gasteiger partial charge in [-0.1, -0.05) is 0 Å². The largest absolute Gasteiger partial charge is 0.481 e. The summed E-state index contributed by atoms with van der Waals surface area (Å²) in [5, 5.41) is 17.5. The van der Waals surface area contributed by atoms with Gasteiger partial charge in [-0.15, -0.1) is 0 Å². The maximum absolute atomic E-state index is 12.0. The van der Waals surface area contributed by atoms with Crippen molar-refractivity contribution in [3.63, 3.8) is 0 Å². The van der Waals surface area contributed by atoms with Crippen LogP contribution in [-0.2, 0) is 19.2 Å². The third-order valence-electron chi connectivity index (χ3n) is 3.21. The van der Waals surface area contributed by atoms with Gasteiger partial charge in [0.2, 0.25) is 0 Å². The molecular formula is C12H17N4O6+. The third-order valence-corrected chi connectivity index (χ3v) is 3.21. The first-order chi connectivity index (χ1) is 10.2. The van der Waals surface area contributed by atoms with Crippen LogP contribution in [0.3, 0.4) is 0 Å². The van der Waals surface area contributed by atoms with Crippen molar-refractivity contribution in [1.82, 2.24) is 4.90 Å². The Morgan fingerprint density at radius 3 is 2.55 bits per heavy atom. The minimum atomic E-state index is -1.34. The molecule has 0 saturated carbocycles. The fraction of sp³-hybridized carbons (Fsp3) is 0.500. The van der Waals surface area contributed by atoms with Gasteiger partial charge in [-0.2, -0.15) is 0 Å². The molecule has 0 aliphatic carbocycles. The Morgan fingerprint density at radius 1 is 1.45 bits per heavy atom. The predicted octanol–water partition coefficient (Wildman–Crippen LogP) is -2.05. The maximum Gasteiger partial charge on any atom is 0.360 e. The molecule has 2 atom stereocenters. The molecule has 1 aliphatic heterocycles. The zero-order valence-electron chi connectivity index (χ0n) is 12.1.